The summed E-state index contributed by atoms with van der Waals surface area (Å²) in [6.45, 7) is 7.63. The average Bonchev–Trinajstić information content (AvgIpc) is 2.93. The van der Waals surface area contributed by atoms with Crippen LogP contribution in [-0.2, 0) is 26.6 Å². The maximum atomic E-state index is 13.6. The third kappa shape index (κ3) is 6.22. The predicted molar refractivity (Wildman–Crippen MR) is 162 cm³/mol. The number of pyridine rings is 1. The number of benzene rings is 3. The molecule has 0 aliphatic carbocycles. The predicted octanol–water partition coefficient (Wildman–Crippen LogP) is 4.83. The molecule has 0 aliphatic heterocycles. The van der Waals surface area contributed by atoms with Gasteiger partial charge in [0.05, 0.1) is 23.4 Å². The van der Waals surface area contributed by atoms with Crippen molar-refractivity contribution in [2.24, 2.45) is 5.73 Å². The lowest BCUT2D eigenvalue weighted by atomic mass is 9.82. The fraction of sp³-hybridized carbons (Fsp3) is 0.290. The molecule has 1 aromatic heterocycles. The van der Waals surface area contributed by atoms with Crippen molar-refractivity contribution in [1.29, 1.82) is 0 Å². The standard InChI is InChI=1S/C31H36N4O5S/c1-5-39-27-18-23(11-14-26(27)40-20(3)4)31(30(33)36,19-22-9-7-8-10-28(22)41(37,38)6-2)35-24-12-13-25-21(17-24)15-16-34-29(25)32/h7-18,20,35H,5-6,19H2,1-4H3,(H2,32,34)(H2,33,36). The number of rotatable bonds is 12. The minimum Gasteiger partial charge on any atom is -0.490 e. The topological polar surface area (TPSA) is 147 Å². The highest BCUT2D eigenvalue weighted by molar-refractivity contribution is 7.91. The molecule has 9 nitrogen and oxygen atoms in total. The van der Waals surface area contributed by atoms with Crippen molar-refractivity contribution in [3.05, 3.63) is 84.1 Å². The van der Waals surface area contributed by atoms with Crippen LogP contribution >= 0.6 is 0 Å². The maximum absolute atomic E-state index is 13.6. The first-order chi connectivity index (χ1) is 19.5. The smallest absolute Gasteiger partial charge is 0.248 e. The van der Waals surface area contributed by atoms with Crippen molar-refractivity contribution >= 4 is 38.0 Å². The van der Waals surface area contributed by atoms with Crippen molar-refractivity contribution < 1.29 is 22.7 Å². The Bertz CT molecular complexity index is 1670. The van der Waals surface area contributed by atoms with Crippen LogP contribution in [0.4, 0.5) is 11.5 Å². The number of hydrogen-bond donors (Lipinski definition) is 3. The molecule has 0 saturated heterocycles. The van der Waals surface area contributed by atoms with Crippen molar-refractivity contribution in [3.8, 4) is 11.5 Å². The van der Waals surface area contributed by atoms with Gasteiger partial charge in [-0.25, -0.2) is 13.4 Å². The van der Waals surface area contributed by atoms with Gasteiger partial charge in [-0.3, -0.25) is 4.79 Å². The van der Waals surface area contributed by atoms with Crippen LogP contribution in [0.5, 0.6) is 11.5 Å². The summed E-state index contributed by atoms with van der Waals surface area (Å²) >= 11 is 0. The summed E-state index contributed by atoms with van der Waals surface area (Å²) in [4.78, 5) is 17.9. The number of nitrogens with one attached hydrogen (secondary N) is 1. The minimum atomic E-state index is -3.60. The molecular formula is C31H36N4O5S. The van der Waals surface area contributed by atoms with Gasteiger partial charge >= 0.3 is 0 Å². The first-order valence-electron chi connectivity index (χ1n) is 13.5. The number of carbonyl (C=O) groups is 1. The highest BCUT2D eigenvalue weighted by atomic mass is 32.2. The molecule has 0 spiro atoms. The molecule has 5 N–H and O–H groups in total. The Hall–Kier alpha value is -4.31. The van der Waals surface area contributed by atoms with Gasteiger partial charge in [0.15, 0.2) is 21.3 Å². The average molecular weight is 577 g/mol. The zero-order valence-electron chi connectivity index (χ0n) is 23.7. The van der Waals surface area contributed by atoms with Crippen LogP contribution in [0.15, 0.2) is 77.8 Å². The number of ether oxygens (including phenoxy) is 2. The molecule has 4 aromatic rings. The summed E-state index contributed by atoms with van der Waals surface area (Å²) in [7, 11) is -3.60. The van der Waals surface area contributed by atoms with E-state index in [4.69, 9.17) is 20.9 Å². The molecule has 1 amide bonds. The molecule has 1 heterocycles. The van der Waals surface area contributed by atoms with Gasteiger partial charge in [0.1, 0.15) is 11.4 Å². The Balaban J connectivity index is 1.95. The van der Waals surface area contributed by atoms with E-state index in [1.165, 1.54) is 0 Å². The molecule has 0 saturated carbocycles. The molecule has 0 radical (unpaired) electrons. The first kappa shape index (κ1) is 29.7. The first-order valence-corrected chi connectivity index (χ1v) is 15.1. The summed E-state index contributed by atoms with van der Waals surface area (Å²) in [5.74, 6) is 0.563. The summed E-state index contributed by atoms with van der Waals surface area (Å²) in [5, 5.41) is 4.94. The number of amides is 1. The van der Waals surface area contributed by atoms with Gasteiger partial charge in [-0.2, -0.15) is 0 Å². The summed E-state index contributed by atoms with van der Waals surface area (Å²) in [6.07, 6.45) is 1.45. The summed E-state index contributed by atoms with van der Waals surface area (Å²) in [5.41, 5.74) is 12.2. The van der Waals surface area contributed by atoms with Crippen LogP contribution in [-0.4, -0.2) is 37.8 Å². The van der Waals surface area contributed by atoms with Crippen LogP contribution in [0, 0.1) is 0 Å². The van der Waals surface area contributed by atoms with Gasteiger partial charge in [-0.1, -0.05) is 31.2 Å². The Morgan fingerprint density at radius 1 is 1.02 bits per heavy atom. The lowest BCUT2D eigenvalue weighted by Gasteiger charge is -2.34. The lowest BCUT2D eigenvalue weighted by Crippen LogP contribution is -2.49. The van der Waals surface area contributed by atoms with Crippen LogP contribution in [0.3, 0.4) is 0 Å². The number of nitrogen functional groups attached to an aromatic ring is 1. The van der Waals surface area contributed by atoms with Crippen molar-refractivity contribution in [1.82, 2.24) is 4.98 Å². The molecule has 1 atom stereocenters. The number of sulfone groups is 1. The van der Waals surface area contributed by atoms with Gasteiger partial charge < -0.3 is 26.3 Å². The molecule has 0 bridgehead atoms. The maximum Gasteiger partial charge on any atom is 0.248 e. The lowest BCUT2D eigenvalue weighted by molar-refractivity contribution is -0.122. The Morgan fingerprint density at radius 3 is 2.46 bits per heavy atom. The van der Waals surface area contributed by atoms with E-state index in [-0.39, 0.29) is 23.2 Å². The molecule has 216 valence electrons. The Kier molecular flexibility index (Phi) is 8.72. The Labute approximate surface area is 240 Å². The molecular weight excluding hydrogens is 540 g/mol. The molecule has 4 rings (SSSR count). The molecule has 3 aromatic carbocycles. The fourth-order valence-electron chi connectivity index (χ4n) is 4.82. The number of primary amides is 1. The monoisotopic (exact) mass is 576 g/mol. The number of anilines is 2. The van der Waals surface area contributed by atoms with E-state index in [0.29, 0.717) is 40.7 Å². The second-order valence-electron chi connectivity index (χ2n) is 9.98. The van der Waals surface area contributed by atoms with Gasteiger partial charge in [0, 0.05) is 23.7 Å². The molecule has 0 fully saturated rings. The molecule has 10 heteroatoms. The van der Waals surface area contributed by atoms with E-state index >= 15 is 0 Å². The second kappa shape index (κ2) is 12.1. The van der Waals surface area contributed by atoms with E-state index in [9.17, 15) is 13.2 Å². The van der Waals surface area contributed by atoms with Crippen molar-refractivity contribution in [2.75, 3.05) is 23.4 Å². The molecule has 0 aliphatic rings. The van der Waals surface area contributed by atoms with Gasteiger partial charge in [0.2, 0.25) is 5.91 Å². The zero-order chi connectivity index (χ0) is 29.8. The van der Waals surface area contributed by atoms with Crippen molar-refractivity contribution in [3.63, 3.8) is 0 Å². The number of fused-ring (bicyclic) bond motifs is 1. The summed E-state index contributed by atoms with van der Waals surface area (Å²) < 4.78 is 37.9. The number of nitrogens with zero attached hydrogens (tertiary/aromatic N) is 1. The largest absolute Gasteiger partial charge is 0.490 e. The zero-order valence-corrected chi connectivity index (χ0v) is 24.5. The third-order valence-electron chi connectivity index (χ3n) is 6.82. The molecule has 41 heavy (non-hydrogen) atoms. The third-order valence-corrected chi connectivity index (χ3v) is 8.64. The summed E-state index contributed by atoms with van der Waals surface area (Å²) in [6, 6.07) is 19.1. The van der Waals surface area contributed by atoms with Crippen LogP contribution < -0.4 is 26.3 Å². The van der Waals surface area contributed by atoms with E-state index in [1.54, 1.807) is 61.7 Å². The van der Waals surface area contributed by atoms with Crippen LogP contribution in [0.25, 0.3) is 10.8 Å². The Morgan fingerprint density at radius 2 is 1.78 bits per heavy atom. The number of carbonyl (C=O) groups excluding carboxylic acids is 1. The SMILES string of the molecule is CCOc1cc(C(Cc2ccccc2S(=O)(=O)CC)(Nc2ccc3c(N)nccc3c2)C(N)=O)ccc1OC(C)C. The number of hydrogen-bond acceptors (Lipinski definition) is 8. The highest BCUT2D eigenvalue weighted by Crippen LogP contribution is 2.39. The highest BCUT2D eigenvalue weighted by Gasteiger charge is 2.41. The normalized spacial score (nSPS) is 13.1. The van der Waals surface area contributed by atoms with Gasteiger partial charge in [-0.05, 0) is 79.7 Å². The van der Waals surface area contributed by atoms with Crippen LogP contribution in [0.1, 0.15) is 38.8 Å². The number of nitrogens with two attached hydrogens (primary N) is 2. The van der Waals surface area contributed by atoms with Gasteiger partial charge in [0.25, 0.3) is 0 Å². The van der Waals surface area contributed by atoms with Crippen molar-refractivity contribution in [2.45, 2.75) is 50.7 Å². The number of aromatic nitrogens is 1. The second-order valence-corrected chi connectivity index (χ2v) is 12.2. The van der Waals surface area contributed by atoms with E-state index < -0.39 is 21.3 Å². The van der Waals surface area contributed by atoms with E-state index in [2.05, 4.69) is 10.3 Å². The van der Waals surface area contributed by atoms with Gasteiger partial charge in [-0.15, -0.1) is 0 Å². The minimum absolute atomic E-state index is 0.0514. The van der Waals surface area contributed by atoms with E-state index in [0.717, 1.165) is 10.8 Å². The quantitative estimate of drug-likeness (QED) is 0.217. The fourth-order valence-corrected chi connectivity index (χ4v) is 5.96. The van der Waals surface area contributed by atoms with E-state index in [1.807, 2.05) is 39.0 Å². The van der Waals surface area contributed by atoms with Crippen LogP contribution in [0.2, 0.25) is 0 Å². The molecule has 1 unspecified atom stereocenters.